The van der Waals surface area contributed by atoms with Crippen LogP contribution in [-0.2, 0) is 6.54 Å². The van der Waals surface area contributed by atoms with E-state index in [1.165, 1.54) is 16.7 Å². The second-order valence-corrected chi connectivity index (χ2v) is 5.72. The highest BCUT2D eigenvalue weighted by atomic mass is 35.5. The lowest BCUT2D eigenvalue weighted by atomic mass is 10.1. The molecule has 0 amide bonds. The molecule has 0 aliphatic heterocycles. The van der Waals surface area contributed by atoms with Crippen molar-refractivity contribution in [1.29, 1.82) is 5.26 Å². The van der Waals surface area contributed by atoms with E-state index < -0.39 is 5.56 Å². The van der Waals surface area contributed by atoms with Crippen molar-refractivity contribution in [2.75, 3.05) is 0 Å². The van der Waals surface area contributed by atoms with Crippen molar-refractivity contribution in [3.8, 4) is 6.07 Å². The molecular formula is C18H12ClFN2O. The molecule has 0 N–H and O–H groups in total. The minimum Gasteiger partial charge on any atom is -0.303 e. The number of benzene rings is 2. The van der Waals surface area contributed by atoms with Crippen LogP contribution < -0.4 is 5.56 Å². The Morgan fingerprint density at radius 2 is 1.91 bits per heavy atom. The molecule has 0 aliphatic carbocycles. The molecule has 0 radical (unpaired) electrons. The smallest absolute Gasteiger partial charge is 0.270 e. The number of hydrogen-bond acceptors (Lipinski definition) is 2. The van der Waals surface area contributed by atoms with Gasteiger partial charge in [-0.2, -0.15) is 5.26 Å². The largest absolute Gasteiger partial charge is 0.303 e. The highest BCUT2D eigenvalue weighted by Gasteiger charge is 2.15. The van der Waals surface area contributed by atoms with Crippen LogP contribution in [0.4, 0.5) is 4.39 Å². The first-order valence-corrected chi connectivity index (χ1v) is 7.36. The quantitative estimate of drug-likeness (QED) is 0.714. The maximum atomic E-state index is 13.0. The fraction of sp³-hybridized carbons (Fsp3) is 0.111. The summed E-state index contributed by atoms with van der Waals surface area (Å²) in [7, 11) is 0. The average Bonchev–Trinajstić information content (AvgIpc) is 2.54. The lowest BCUT2D eigenvalue weighted by Gasteiger charge is -2.13. The lowest BCUT2D eigenvalue weighted by Crippen LogP contribution is -2.24. The number of nitriles is 1. The molecule has 3 aromatic rings. The van der Waals surface area contributed by atoms with Crippen LogP contribution in [0.3, 0.4) is 0 Å². The molecule has 0 spiro atoms. The van der Waals surface area contributed by atoms with E-state index in [1.807, 2.05) is 31.2 Å². The molecule has 1 aromatic heterocycles. The van der Waals surface area contributed by atoms with Crippen LogP contribution in [0, 0.1) is 24.1 Å². The summed E-state index contributed by atoms with van der Waals surface area (Å²) >= 11 is 6.23. The Hall–Kier alpha value is -2.64. The summed E-state index contributed by atoms with van der Waals surface area (Å²) in [5.41, 5.74) is 1.87. The van der Waals surface area contributed by atoms with Crippen LogP contribution in [0.2, 0.25) is 5.02 Å². The Bertz CT molecular complexity index is 1000. The van der Waals surface area contributed by atoms with Crippen LogP contribution in [0.25, 0.3) is 10.9 Å². The van der Waals surface area contributed by atoms with E-state index in [4.69, 9.17) is 11.6 Å². The van der Waals surface area contributed by atoms with Gasteiger partial charge in [0.15, 0.2) is 0 Å². The van der Waals surface area contributed by atoms with Crippen molar-refractivity contribution in [3.05, 3.63) is 80.3 Å². The molecule has 0 aliphatic rings. The van der Waals surface area contributed by atoms with E-state index >= 15 is 0 Å². The summed E-state index contributed by atoms with van der Waals surface area (Å²) in [5.74, 6) is -0.338. The zero-order valence-corrected chi connectivity index (χ0v) is 13.1. The van der Waals surface area contributed by atoms with Gasteiger partial charge in [0, 0.05) is 5.39 Å². The summed E-state index contributed by atoms with van der Waals surface area (Å²) in [6.45, 7) is 2.15. The minimum absolute atomic E-state index is 0.0770. The first-order chi connectivity index (χ1) is 11.0. The van der Waals surface area contributed by atoms with Crippen molar-refractivity contribution in [1.82, 2.24) is 4.57 Å². The van der Waals surface area contributed by atoms with Gasteiger partial charge in [-0.3, -0.25) is 4.79 Å². The second kappa shape index (κ2) is 5.86. The standard InChI is InChI=1S/C18H12ClFN2O/c1-11-2-7-16-14(8-11)17(19)15(9-21)18(23)22(16)10-12-3-5-13(20)6-4-12/h2-8H,10H2,1H3. The summed E-state index contributed by atoms with van der Waals surface area (Å²) in [6.07, 6.45) is 0. The molecule has 0 saturated heterocycles. The summed E-state index contributed by atoms with van der Waals surface area (Å²) in [6, 6.07) is 13.3. The third-order valence-corrected chi connectivity index (χ3v) is 4.12. The second-order valence-electron chi connectivity index (χ2n) is 5.34. The molecule has 0 atom stereocenters. The predicted molar refractivity (Wildman–Crippen MR) is 88.2 cm³/mol. The fourth-order valence-corrected chi connectivity index (χ4v) is 2.83. The number of nitrogens with zero attached hydrogens (tertiary/aromatic N) is 2. The Labute approximate surface area is 137 Å². The molecule has 0 bridgehead atoms. The molecule has 0 unspecified atom stereocenters. The molecule has 23 heavy (non-hydrogen) atoms. The average molecular weight is 327 g/mol. The van der Waals surface area contributed by atoms with Crippen LogP contribution >= 0.6 is 11.6 Å². The third kappa shape index (κ3) is 2.71. The Morgan fingerprint density at radius 1 is 1.22 bits per heavy atom. The predicted octanol–water partition coefficient (Wildman–Crippen LogP) is 4.02. The van der Waals surface area contributed by atoms with Crippen LogP contribution in [-0.4, -0.2) is 4.57 Å². The summed E-state index contributed by atoms with van der Waals surface area (Å²) in [4.78, 5) is 12.6. The zero-order chi connectivity index (χ0) is 16.6. The fourth-order valence-electron chi connectivity index (χ4n) is 2.56. The van der Waals surface area contributed by atoms with E-state index in [-0.39, 0.29) is 22.9 Å². The molecular weight excluding hydrogens is 315 g/mol. The Morgan fingerprint density at radius 3 is 2.57 bits per heavy atom. The van der Waals surface area contributed by atoms with Crippen molar-refractivity contribution in [2.24, 2.45) is 0 Å². The van der Waals surface area contributed by atoms with E-state index in [2.05, 4.69) is 0 Å². The van der Waals surface area contributed by atoms with Gasteiger partial charge in [0.25, 0.3) is 5.56 Å². The lowest BCUT2D eigenvalue weighted by molar-refractivity contribution is 0.626. The Kier molecular flexibility index (Phi) is 3.89. The SMILES string of the molecule is Cc1ccc2c(c1)c(Cl)c(C#N)c(=O)n2Cc1ccc(F)cc1. The van der Waals surface area contributed by atoms with Crippen LogP contribution in [0.15, 0.2) is 47.3 Å². The molecule has 1 heterocycles. The molecule has 2 aromatic carbocycles. The van der Waals surface area contributed by atoms with Gasteiger partial charge >= 0.3 is 0 Å². The molecule has 5 heteroatoms. The number of pyridine rings is 1. The number of aryl methyl sites for hydroxylation is 1. The monoisotopic (exact) mass is 326 g/mol. The number of fused-ring (bicyclic) bond motifs is 1. The zero-order valence-electron chi connectivity index (χ0n) is 12.3. The number of hydrogen-bond donors (Lipinski definition) is 0. The van der Waals surface area contributed by atoms with Crippen molar-refractivity contribution < 1.29 is 4.39 Å². The first kappa shape index (κ1) is 15.3. The van der Waals surface area contributed by atoms with E-state index in [0.717, 1.165) is 11.1 Å². The van der Waals surface area contributed by atoms with Gasteiger partial charge in [-0.05, 0) is 36.8 Å². The number of halogens is 2. The highest BCUT2D eigenvalue weighted by molar-refractivity contribution is 6.36. The molecule has 3 nitrogen and oxygen atoms in total. The van der Waals surface area contributed by atoms with Crippen LogP contribution in [0.1, 0.15) is 16.7 Å². The van der Waals surface area contributed by atoms with Gasteiger partial charge in [-0.15, -0.1) is 0 Å². The molecule has 3 rings (SSSR count). The first-order valence-electron chi connectivity index (χ1n) is 6.98. The van der Waals surface area contributed by atoms with Gasteiger partial charge in [0.2, 0.25) is 0 Å². The number of aromatic nitrogens is 1. The van der Waals surface area contributed by atoms with E-state index in [9.17, 15) is 14.4 Å². The normalized spacial score (nSPS) is 10.7. The van der Waals surface area contributed by atoms with Crippen LogP contribution in [0.5, 0.6) is 0 Å². The topological polar surface area (TPSA) is 45.8 Å². The molecule has 0 fully saturated rings. The summed E-state index contributed by atoms with van der Waals surface area (Å²) < 4.78 is 14.5. The van der Waals surface area contributed by atoms with Gasteiger partial charge < -0.3 is 4.57 Å². The van der Waals surface area contributed by atoms with E-state index in [0.29, 0.717) is 10.9 Å². The van der Waals surface area contributed by atoms with Crippen molar-refractivity contribution in [2.45, 2.75) is 13.5 Å². The maximum absolute atomic E-state index is 13.0. The Balaban J connectivity index is 2.29. The van der Waals surface area contributed by atoms with Crippen molar-refractivity contribution in [3.63, 3.8) is 0 Å². The highest BCUT2D eigenvalue weighted by Crippen LogP contribution is 2.26. The maximum Gasteiger partial charge on any atom is 0.270 e. The minimum atomic E-state index is -0.446. The van der Waals surface area contributed by atoms with Gasteiger partial charge in [0.05, 0.1) is 17.1 Å². The van der Waals surface area contributed by atoms with Gasteiger partial charge in [-0.1, -0.05) is 35.4 Å². The van der Waals surface area contributed by atoms with E-state index in [1.54, 1.807) is 12.1 Å². The molecule has 0 saturated carbocycles. The van der Waals surface area contributed by atoms with Gasteiger partial charge in [0.1, 0.15) is 17.4 Å². The molecule has 114 valence electrons. The number of rotatable bonds is 2. The third-order valence-electron chi connectivity index (χ3n) is 3.72. The summed E-state index contributed by atoms with van der Waals surface area (Å²) in [5, 5.41) is 10.1. The van der Waals surface area contributed by atoms with Crippen molar-refractivity contribution >= 4 is 22.5 Å². The van der Waals surface area contributed by atoms with Gasteiger partial charge in [-0.25, -0.2) is 4.39 Å².